The fraction of sp³-hybridized carbons (Fsp3) is 0.111. The van der Waals surface area contributed by atoms with Crippen LogP contribution >= 0.6 is 11.6 Å². The SMILES string of the molecule is CC(Nc1ncnc(N)c1N)c1cnc2c(Cl)cccc2c1-c1ccn[nH]1. The Bertz CT molecular complexity index is 1110. The molecule has 136 valence electrons. The number of nitrogens with one attached hydrogen (secondary N) is 2. The number of benzene rings is 1. The second kappa shape index (κ2) is 6.73. The van der Waals surface area contributed by atoms with Crippen molar-refractivity contribution in [1.82, 2.24) is 25.1 Å². The Hall–Kier alpha value is -3.39. The first-order valence-corrected chi connectivity index (χ1v) is 8.63. The first-order valence-electron chi connectivity index (χ1n) is 8.25. The molecule has 9 heteroatoms. The number of rotatable bonds is 4. The van der Waals surface area contributed by atoms with E-state index >= 15 is 0 Å². The van der Waals surface area contributed by atoms with Crippen molar-refractivity contribution in [3.63, 3.8) is 0 Å². The summed E-state index contributed by atoms with van der Waals surface area (Å²) < 4.78 is 0. The summed E-state index contributed by atoms with van der Waals surface area (Å²) in [4.78, 5) is 12.6. The fourth-order valence-electron chi connectivity index (χ4n) is 3.03. The molecular formula is C18H17ClN8. The van der Waals surface area contributed by atoms with Crippen molar-refractivity contribution in [2.75, 3.05) is 16.8 Å². The van der Waals surface area contributed by atoms with Gasteiger partial charge in [-0.15, -0.1) is 0 Å². The summed E-state index contributed by atoms with van der Waals surface area (Å²) in [6.07, 6.45) is 4.87. The third-order valence-electron chi connectivity index (χ3n) is 4.38. The Morgan fingerprint density at radius 3 is 2.78 bits per heavy atom. The van der Waals surface area contributed by atoms with E-state index in [0.717, 1.165) is 27.7 Å². The van der Waals surface area contributed by atoms with Gasteiger partial charge in [-0.1, -0.05) is 23.7 Å². The van der Waals surface area contributed by atoms with Crippen LogP contribution in [0.2, 0.25) is 5.02 Å². The molecule has 8 nitrogen and oxygen atoms in total. The van der Waals surface area contributed by atoms with Crippen LogP contribution < -0.4 is 16.8 Å². The first kappa shape index (κ1) is 17.0. The number of aromatic nitrogens is 5. The third kappa shape index (κ3) is 3.00. The van der Waals surface area contributed by atoms with E-state index in [2.05, 4.69) is 30.5 Å². The number of nitrogen functional groups attached to an aromatic ring is 2. The molecule has 1 unspecified atom stereocenters. The highest BCUT2D eigenvalue weighted by Crippen LogP contribution is 2.36. The summed E-state index contributed by atoms with van der Waals surface area (Å²) in [6.45, 7) is 1.99. The lowest BCUT2D eigenvalue weighted by molar-refractivity contribution is 0.869. The highest BCUT2D eigenvalue weighted by molar-refractivity contribution is 6.35. The number of halogens is 1. The number of anilines is 3. The standard InChI is InChI=1S/C18H17ClN8/c1-9(26-18-15(20)17(21)23-8-24-18)11-7-22-16-10(3-2-4-12(16)19)14(11)13-5-6-25-27-13/h2-9H,20H2,1H3,(H,25,27)(H3,21,23,24,26). The second-order valence-corrected chi connectivity index (χ2v) is 6.49. The molecule has 1 aromatic carbocycles. The molecule has 4 aromatic rings. The normalized spacial score (nSPS) is 12.2. The van der Waals surface area contributed by atoms with Crippen LogP contribution in [0.5, 0.6) is 0 Å². The third-order valence-corrected chi connectivity index (χ3v) is 4.69. The van der Waals surface area contributed by atoms with Gasteiger partial charge in [-0.2, -0.15) is 5.10 Å². The van der Waals surface area contributed by atoms with Crippen molar-refractivity contribution in [1.29, 1.82) is 0 Å². The van der Waals surface area contributed by atoms with Crippen LogP contribution in [0.25, 0.3) is 22.2 Å². The van der Waals surface area contributed by atoms with E-state index in [-0.39, 0.29) is 11.9 Å². The molecule has 1 atom stereocenters. The Labute approximate surface area is 160 Å². The van der Waals surface area contributed by atoms with Crippen molar-refractivity contribution in [3.05, 3.63) is 53.6 Å². The van der Waals surface area contributed by atoms with E-state index in [1.165, 1.54) is 6.33 Å². The lowest BCUT2D eigenvalue weighted by atomic mass is 9.96. The molecule has 27 heavy (non-hydrogen) atoms. The maximum Gasteiger partial charge on any atom is 0.155 e. The number of fused-ring (bicyclic) bond motifs is 1. The smallest absolute Gasteiger partial charge is 0.155 e. The maximum absolute atomic E-state index is 6.34. The number of nitrogens with two attached hydrogens (primary N) is 2. The molecule has 0 aliphatic heterocycles. The molecule has 0 aliphatic carbocycles. The van der Waals surface area contributed by atoms with Crippen molar-refractivity contribution in [2.45, 2.75) is 13.0 Å². The Morgan fingerprint density at radius 2 is 2.00 bits per heavy atom. The Kier molecular flexibility index (Phi) is 4.25. The van der Waals surface area contributed by atoms with Crippen molar-refractivity contribution in [3.8, 4) is 11.3 Å². The minimum atomic E-state index is -0.171. The predicted molar refractivity (Wildman–Crippen MR) is 107 cm³/mol. The molecular weight excluding hydrogens is 364 g/mol. The molecule has 6 N–H and O–H groups in total. The second-order valence-electron chi connectivity index (χ2n) is 6.08. The molecule has 0 saturated carbocycles. The summed E-state index contributed by atoms with van der Waals surface area (Å²) in [5.74, 6) is 0.702. The monoisotopic (exact) mass is 380 g/mol. The van der Waals surface area contributed by atoms with Crippen LogP contribution in [0.15, 0.2) is 43.0 Å². The maximum atomic E-state index is 6.34. The number of hydrogen-bond acceptors (Lipinski definition) is 7. The van der Waals surface area contributed by atoms with Gasteiger partial charge in [-0.3, -0.25) is 10.1 Å². The summed E-state index contributed by atoms with van der Waals surface area (Å²) >= 11 is 6.34. The number of aromatic amines is 1. The Morgan fingerprint density at radius 1 is 1.15 bits per heavy atom. The van der Waals surface area contributed by atoms with Gasteiger partial charge in [0.25, 0.3) is 0 Å². The largest absolute Gasteiger partial charge is 0.393 e. The van der Waals surface area contributed by atoms with Gasteiger partial charge in [0.05, 0.1) is 22.3 Å². The van der Waals surface area contributed by atoms with E-state index in [4.69, 9.17) is 23.1 Å². The molecule has 0 amide bonds. The molecule has 3 aromatic heterocycles. The van der Waals surface area contributed by atoms with Gasteiger partial charge in [0.2, 0.25) is 0 Å². The molecule has 3 heterocycles. The molecule has 0 bridgehead atoms. The average molecular weight is 381 g/mol. The van der Waals surface area contributed by atoms with E-state index in [0.29, 0.717) is 16.5 Å². The van der Waals surface area contributed by atoms with Gasteiger partial charge in [-0.05, 0) is 19.1 Å². The van der Waals surface area contributed by atoms with Gasteiger partial charge < -0.3 is 16.8 Å². The van der Waals surface area contributed by atoms with Crippen LogP contribution in [-0.4, -0.2) is 25.1 Å². The number of nitrogens with zero attached hydrogens (tertiary/aromatic N) is 4. The van der Waals surface area contributed by atoms with Crippen molar-refractivity contribution >= 4 is 39.8 Å². The molecule has 0 radical (unpaired) electrons. The van der Waals surface area contributed by atoms with Crippen molar-refractivity contribution in [2.24, 2.45) is 0 Å². The van der Waals surface area contributed by atoms with Gasteiger partial charge in [0.15, 0.2) is 11.6 Å². The lowest BCUT2D eigenvalue weighted by Gasteiger charge is -2.20. The molecule has 0 aliphatic rings. The average Bonchev–Trinajstić information content (AvgIpc) is 3.19. The fourth-order valence-corrected chi connectivity index (χ4v) is 3.26. The molecule has 0 spiro atoms. The number of para-hydroxylation sites is 1. The zero-order valence-corrected chi connectivity index (χ0v) is 15.2. The van der Waals surface area contributed by atoms with Crippen LogP contribution in [0.3, 0.4) is 0 Å². The highest BCUT2D eigenvalue weighted by atomic mass is 35.5. The highest BCUT2D eigenvalue weighted by Gasteiger charge is 2.19. The van der Waals surface area contributed by atoms with Crippen LogP contribution in [0.4, 0.5) is 17.3 Å². The minimum Gasteiger partial charge on any atom is -0.393 e. The zero-order valence-electron chi connectivity index (χ0n) is 14.4. The van der Waals surface area contributed by atoms with E-state index < -0.39 is 0 Å². The molecule has 4 rings (SSSR count). The molecule has 0 fully saturated rings. The summed E-state index contributed by atoms with van der Waals surface area (Å²) in [7, 11) is 0. The zero-order chi connectivity index (χ0) is 19.0. The van der Waals surface area contributed by atoms with E-state index in [1.54, 1.807) is 12.4 Å². The quantitative estimate of drug-likeness (QED) is 0.426. The van der Waals surface area contributed by atoms with Gasteiger partial charge in [0, 0.05) is 28.9 Å². The van der Waals surface area contributed by atoms with Gasteiger partial charge in [-0.25, -0.2) is 9.97 Å². The Balaban J connectivity index is 1.86. The summed E-state index contributed by atoms with van der Waals surface area (Å²) in [6, 6.07) is 7.44. The number of pyridine rings is 1. The number of H-pyrrole nitrogens is 1. The van der Waals surface area contributed by atoms with Gasteiger partial charge in [0.1, 0.15) is 12.0 Å². The van der Waals surface area contributed by atoms with Crippen LogP contribution in [0.1, 0.15) is 18.5 Å². The lowest BCUT2D eigenvalue weighted by Crippen LogP contribution is -2.13. The topological polar surface area (TPSA) is 131 Å². The van der Waals surface area contributed by atoms with Crippen molar-refractivity contribution < 1.29 is 0 Å². The number of hydrogen-bond donors (Lipinski definition) is 4. The van der Waals surface area contributed by atoms with E-state index in [1.807, 2.05) is 31.2 Å². The predicted octanol–water partition coefficient (Wildman–Crippen LogP) is 3.41. The van der Waals surface area contributed by atoms with E-state index in [9.17, 15) is 0 Å². The van der Waals surface area contributed by atoms with Crippen LogP contribution in [0, 0.1) is 0 Å². The summed E-state index contributed by atoms with van der Waals surface area (Å²) in [5, 5.41) is 11.9. The van der Waals surface area contributed by atoms with Gasteiger partial charge >= 0.3 is 0 Å². The minimum absolute atomic E-state index is 0.171. The first-order chi connectivity index (χ1) is 13.1. The van der Waals surface area contributed by atoms with Crippen LogP contribution in [-0.2, 0) is 0 Å². The summed E-state index contributed by atoms with van der Waals surface area (Å²) in [5.41, 5.74) is 15.6. The molecule has 0 saturated heterocycles.